The molecule has 1 unspecified atom stereocenters. The molecule has 106 valence electrons. The standard InChI is InChI=1S/C15H25N3O/c1-12(2)9-16-10-13-5-4-8-18(13)15-7-6-14(19-3)11-17-15/h6-7,11-13,16H,4-5,8-10H2,1-3H3. The van der Waals surface area contributed by atoms with Crippen LogP contribution in [0.3, 0.4) is 0 Å². The Kier molecular flexibility index (Phi) is 5.02. The third kappa shape index (κ3) is 3.83. The highest BCUT2D eigenvalue weighted by molar-refractivity contribution is 5.43. The zero-order valence-electron chi connectivity index (χ0n) is 12.2. The first-order valence-corrected chi connectivity index (χ1v) is 7.18. The Hall–Kier alpha value is -1.29. The van der Waals surface area contributed by atoms with Gasteiger partial charge < -0.3 is 15.0 Å². The summed E-state index contributed by atoms with van der Waals surface area (Å²) in [5.41, 5.74) is 0. The highest BCUT2D eigenvalue weighted by Crippen LogP contribution is 2.24. The first-order valence-electron chi connectivity index (χ1n) is 7.18. The van der Waals surface area contributed by atoms with Crippen LogP contribution in [0.1, 0.15) is 26.7 Å². The van der Waals surface area contributed by atoms with Crippen molar-refractivity contribution in [2.24, 2.45) is 5.92 Å². The van der Waals surface area contributed by atoms with Crippen LogP contribution in [0.4, 0.5) is 5.82 Å². The zero-order chi connectivity index (χ0) is 13.7. The predicted octanol–water partition coefficient (Wildman–Crippen LogP) is 2.30. The highest BCUT2D eigenvalue weighted by Gasteiger charge is 2.25. The summed E-state index contributed by atoms with van der Waals surface area (Å²) in [5.74, 6) is 2.58. The summed E-state index contributed by atoms with van der Waals surface area (Å²) >= 11 is 0. The van der Waals surface area contributed by atoms with Crippen LogP contribution in [0.25, 0.3) is 0 Å². The van der Waals surface area contributed by atoms with Gasteiger partial charge in [0.15, 0.2) is 0 Å². The Morgan fingerprint density at radius 2 is 2.32 bits per heavy atom. The Morgan fingerprint density at radius 3 is 2.95 bits per heavy atom. The maximum atomic E-state index is 5.16. The number of nitrogens with one attached hydrogen (secondary N) is 1. The summed E-state index contributed by atoms with van der Waals surface area (Å²) in [6, 6.07) is 4.61. The fourth-order valence-electron chi connectivity index (χ4n) is 2.55. The minimum atomic E-state index is 0.569. The molecule has 1 aliphatic heterocycles. The summed E-state index contributed by atoms with van der Waals surface area (Å²) in [6.07, 6.45) is 4.30. The summed E-state index contributed by atoms with van der Waals surface area (Å²) < 4.78 is 5.16. The fourth-order valence-corrected chi connectivity index (χ4v) is 2.55. The molecular formula is C15H25N3O. The zero-order valence-corrected chi connectivity index (χ0v) is 12.2. The molecule has 0 saturated carbocycles. The van der Waals surface area contributed by atoms with Crippen molar-refractivity contribution >= 4 is 5.82 Å². The number of methoxy groups -OCH3 is 1. The van der Waals surface area contributed by atoms with Gasteiger partial charge in [0.2, 0.25) is 0 Å². The summed E-state index contributed by atoms with van der Waals surface area (Å²) in [7, 11) is 1.67. The Balaban J connectivity index is 1.93. The smallest absolute Gasteiger partial charge is 0.137 e. The second kappa shape index (κ2) is 6.75. The topological polar surface area (TPSA) is 37.4 Å². The van der Waals surface area contributed by atoms with Gasteiger partial charge in [-0.1, -0.05) is 13.8 Å². The number of ether oxygens (including phenoxy) is 1. The average Bonchev–Trinajstić information content (AvgIpc) is 2.87. The van der Waals surface area contributed by atoms with Crippen molar-refractivity contribution in [3.63, 3.8) is 0 Å². The van der Waals surface area contributed by atoms with E-state index >= 15 is 0 Å². The highest BCUT2D eigenvalue weighted by atomic mass is 16.5. The normalized spacial score (nSPS) is 19.2. The van der Waals surface area contributed by atoms with Crippen LogP contribution in [0.15, 0.2) is 18.3 Å². The van der Waals surface area contributed by atoms with Gasteiger partial charge >= 0.3 is 0 Å². The number of pyridine rings is 1. The lowest BCUT2D eigenvalue weighted by Gasteiger charge is -2.26. The molecule has 2 rings (SSSR count). The van der Waals surface area contributed by atoms with Crippen molar-refractivity contribution in [3.8, 4) is 5.75 Å². The van der Waals surface area contributed by atoms with Crippen LogP contribution in [0.5, 0.6) is 5.75 Å². The average molecular weight is 263 g/mol. The van der Waals surface area contributed by atoms with Gasteiger partial charge in [0.05, 0.1) is 13.3 Å². The maximum absolute atomic E-state index is 5.16. The van der Waals surface area contributed by atoms with E-state index in [1.54, 1.807) is 13.3 Å². The van der Waals surface area contributed by atoms with Gasteiger partial charge in [0.1, 0.15) is 11.6 Å². The van der Waals surface area contributed by atoms with Gasteiger partial charge in [-0.3, -0.25) is 0 Å². The SMILES string of the molecule is COc1ccc(N2CCCC2CNCC(C)C)nc1. The molecule has 0 bridgehead atoms. The Labute approximate surface area is 116 Å². The minimum absolute atomic E-state index is 0.569. The molecule has 4 nitrogen and oxygen atoms in total. The molecule has 0 radical (unpaired) electrons. The largest absolute Gasteiger partial charge is 0.495 e. The molecule has 0 amide bonds. The minimum Gasteiger partial charge on any atom is -0.495 e. The lowest BCUT2D eigenvalue weighted by atomic mass is 10.2. The second-order valence-corrected chi connectivity index (χ2v) is 5.60. The molecule has 2 heterocycles. The van der Waals surface area contributed by atoms with Crippen molar-refractivity contribution in [1.82, 2.24) is 10.3 Å². The third-order valence-electron chi connectivity index (χ3n) is 3.56. The van der Waals surface area contributed by atoms with E-state index < -0.39 is 0 Å². The van der Waals surface area contributed by atoms with Gasteiger partial charge in [0, 0.05) is 19.1 Å². The molecule has 1 saturated heterocycles. The van der Waals surface area contributed by atoms with E-state index in [9.17, 15) is 0 Å². The quantitative estimate of drug-likeness (QED) is 0.854. The fraction of sp³-hybridized carbons (Fsp3) is 0.667. The van der Waals surface area contributed by atoms with Gasteiger partial charge in [-0.2, -0.15) is 0 Å². The second-order valence-electron chi connectivity index (χ2n) is 5.60. The Bertz CT molecular complexity index is 377. The molecule has 1 N–H and O–H groups in total. The van der Waals surface area contributed by atoms with Crippen molar-refractivity contribution in [1.29, 1.82) is 0 Å². The van der Waals surface area contributed by atoms with Crippen LogP contribution in [-0.4, -0.2) is 37.8 Å². The summed E-state index contributed by atoms with van der Waals surface area (Å²) in [4.78, 5) is 6.91. The molecule has 1 aliphatic rings. The van der Waals surface area contributed by atoms with Crippen LogP contribution in [-0.2, 0) is 0 Å². The maximum Gasteiger partial charge on any atom is 0.137 e. The number of nitrogens with zero attached hydrogens (tertiary/aromatic N) is 2. The molecule has 0 aliphatic carbocycles. The molecule has 4 heteroatoms. The monoisotopic (exact) mass is 263 g/mol. The molecule has 1 fully saturated rings. The van der Waals surface area contributed by atoms with Gasteiger partial charge in [0.25, 0.3) is 0 Å². The van der Waals surface area contributed by atoms with Crippen LogP contribution in [0.2, 0.25) is 0 Å². The Morgan fingerprint density at radius 1 is 1.47 bits per heavy atom. The van der Waals surface area contributed by atoms with Crippen molar-refractivity contribution in [3.05, 3.63) is 18.3 Å². The van der Waals surface area contributed by atoms with E-state index in [1.165, 1.54) is 12.8 Å². The summed E-state index contributed by atoms with van der Waals surface area (Å²) in [6.45, 7) is 7.72. The lowest BCUT2D eigenvalue weighted by molar-refractivity contribution is 0.413. The summed E-state index contributed by atoms with van der Waals surface area (Å²) in [5, 5.41) is 3.55. The number of hydrogen-bond acceptors (Lipinski definition) is 4. The van der Waals surface area contributed by atoms with Crippen molar-refractivity contribution in [2.75, 3.05) is 31.6 Å². The van der Waals surface area contributed by atoms with Gasteiger partial charge in [-0.15, -0.1) is 0 Å². The van der Waals surface area contributed by atoms with Crippen LogP contribution < -0.4 is 15.0 Å². The van der Waals surface area contributed by atoms with E-state index in [4.69, 9.17) is 4.74 Å². The number of hydrogen-bond donors (Lipinski definition) is 1. The van der Waals surface area contributed by atoms with E-state index in [2.05, 4.69) is 35.1 Å². The predicted molar refractivity (Wildman–Crippen MR) is 78.9 cm³/mol. The molecule has 19 heavy (non-hydrogen) atoms. The number of rotatable bonds is 6. The molecule has 0 aromatic carbocycles. The van der Waals surface area contributed by atoms with Crippen LogP contribution >= 0.6 is 0 Å². The van der Waals surface area contributed by atoms with Gasteiger partial charge in [-0.25, -0.2) is 4.98 Å². The molecule has 1 aromatic rings. The van der Waals surface area contributed by atoms with E-state index in [-0.39, 0.29) is 0 Å². The van der Waals surface area contributed by atoms with Gasteiger partial charge in [-0.05, 0) is 37.4 Å². The van der Waals surface area contributed by atoms with Crippen molar-refractivity contribution < 1.29 is 4.74 Å². The third-order valence-corrected chi connectivity index (χ3v) is 3.56. The molecule has 0 spiro atoms. The lowest BCUT2D eigenvalue weighted by Crippen LogP contribution is -2.39. The first kappa shape index (κ1) is 14.1. The van der Waals surface area contributed by atoms with E-state index in [1.807, 2.05) is 6.07 Å². The number of anilines is 1. The first-order chi connectivity index (χ1) is 9.20. The van der Waals surface area contributed by atoms with Crippen LogP contribution in [0, 0.1) is 5.92 Å². The number of aromatic nitrogens is 1. The molecule has 1 aromatic heterocycles. The molecule has 1 atom stereocenters. The van der Waals surface area contributed by atoms with E-state index in [0.717, 1.165) is 31.2 Å². The van der Waals surface area contributed by atoms with Crippen molar-refractivity contribution in [2.45, 2.75) is 32.7 Å². The molecular weight excluding hydrogens is 238 g/mol. The van der Waals surface area contributed by atoms with E-state index in [0.29, 0.717) is 12.0 Å².